The monoisotopic (exact) mass is 323 g/mol. The Bertz CT molecular complexity index is 886. The van der Waals surface area contributed by atoms with Crippen LogP contribution >= 0.6 is 0 Å². The van der Waals surface area contributed by atoms with Gasteiger partial charge < -0.3 is 5.32 Å². The molecule has 1 aromatic heterocycles. The summed E-state index contributed by atoms with van der Waals surface area (Å²) in [5.41, 5.74) is 3.02. The summed E-state index contributed by atoms with van der Waals surface area (Å²) in [4.78, 5) is 12.2. The number of aromatic nitrogens is 2. The van der Waals surface area contributed by atoms with Crippen LogP contribution in [-0.4, -0.2) is 15.7 Å². The third-order valence-corrected chi connectivity index (χ3v) is 3.75. The molecular weight excluding hydrogens is 305 g/mol. The fourth-order valence-corrected chi connectivity index (χ4v) is 2.54. The first kappa shape index (κ1) is 15.9. The van der Waals surface area contributed by atoms with E-state index >= 15 is 0 Å². The summed E-state index contributed by atoms with van der Waals surface area (Å²) in [5.74, 6) is -0.657. The van der Waals surface area contributed by atoms with Gasteiger partial charge in [-0.2, -0.15) is 0 Å². The SMILES string of the molecule is CCc1cc(NC(=O)c2ccccc2F)nn1-c1cccc(C)c1. The number of anilines is 1. The molecule has 3 rings (SSSR count). The van der Waals surface area contributed by atoms with E-state index in [9.17, 15) is 9.18 Å². The Kier molecular flexibility index (Phi) is 4.42. The lowest BCUT2D eigenvalue weighted by molar-refractivity contribution is 0.102. The topological polar surface area (TPSA) is 46.9 Å². The standard InChI is InChI=1S/C19H18FN3O/c1-3-14-12-18(21-19(24)16-9-4-5-10-17(16)20)22-23(14)15-8-6-7-13(2)11-15/h4-12H,3H2,1-2H3,(H,21,22,24). The van der Waals surface area contributed by atoms with Crippen LogP contribution in [-0.2, 0) is 6.42 Å². The van der Waals surface area contributed by atoms with E-state index < -0.39 is 11.7 Å². The molecule has 0 aliphatic heterocycles. The van der Waals surface area contributed by atoms with Gasteiger partial charge in [0, 0.05) is 11.8 Å². The van der Waals surface area contributed by atoms with Gasteiger partial charge in [0.25, 0.3) is 5.91 Å². The number of rotatable bonds is 4. The van der Waals surface area contributed by atoms with Crippen molar-refractivity contribution in [3.05, 3.63) is 77.2 Å². The maximum atomic E-state index is 13.7. The van der Waals surface area contributed by atoms with E-state index in [4.69, 9.17) is 0 Å². The first-order valence-corrected chi connectivity index (χ1v) is 7.80. The average Bonchev–Trinajstić information content (AvgIpc) is 2.98. The molecule has 3 aromatic rings. The van der Waals surface area contributed by atoms with Gasteiger partial charge in [-0.25, -0.2) is 9.07 Å². The van der Waals surface area contributed by atoms with Crippen LogP contribution < -0.4 is 5.32 Å². The lowest BCUT2D eigenvalue weighted by atomic mass is 10.2. The zero-order valence-corrected chi connectivity index (χ0v) is 13.6. The first-order chi connectivity index (χ1) is 11.6. The number of nitrogens with one attached hydrogen (secondary N) is 1. The van der Waals surface area contributed by atoms with Crippen LogP contribution in [0.2, 0.25) is 0 Å². The van der Waals surface area contributed by atoms with Crippen LogP contribution in [0.25, 0.3) is 5.69 Å². The smallest absolute Gasteiger partial charge is 0.259 e. The summed E-state index contributed by atoms with van der Waals surface area (Å²) >= 11 is 0. The van der Waals surface area contributed by atoms with Crippen LogP contribution in [0.3, 0.4) is 0 Å². The molecule has 2 aromatic carbocycles. The van der Waals surface area contributed by atoms with Gasteiger partial charge in [0.2, 0.25) is 0 Å². The predicted molar refractivity (Wildman–Crippen MR) is 92.0 cm³/mol. The number of hydrogen-bond donors (Lipinski definition) is 1. The number of halogens is 1. The summed E-state index contributed by atoms with van der Waals surface area (Å²) in [5, 5.41) is 7.12. The molecule has 122 valence electrons. The minimum absolute atomic E-state index is 0.000606. The molecule has 0 saturated carbocycles. The third-order valence-electron chi connectivity index (χ3n) is 3.75. The molecule has 0 radical (unpaired) electrons. The Morgan fingerprint density at radius 1 is 1.17 bits per heavy atom. The summed E-state index contributed by atoms with van der Waals surface area (Å²) in [6.45, 7) is 4.03. The molecule has 0 atom stereocenters. The molecule has 1 heterocycles. The summed E-state index contributed by atoms with van der Waals surface area (Å²) in [6, 6.07) is 15.6. The molecule has 1 amide bonds. The second kappa shape index (κ2) is 6.66. The van der Waals surface area contributed by atoms with Crippen molar-refractivity contribution in [1.29, 1.82) is 0 Å². The number of aryl methyl sites for hydroxylation is 2. The van der Waals surface area contributed by atoms with E-state index in [1.54, 1.807) is 22.9 Å². The van der Waals surface area contributed by atoms with E-state index in [0.29, 0.717) is 5.82 Å². The van der Waals surface area contributed by atoms with Crippen LogP contribution in [0.1, 0.15) is 28.5 Å². The van der Waals surface area contributed by atoms with Crippen molar-refractivity contribution in [3.63, 3.8) is 0 Å². The average molecular weight is 323 g/mol. The van der Waals surface area contributed by atoms with Crippen molar-refractivity contribution in [2.75, 3.05) is 5.32 Å². The molecule has 5 heteroatoms. The number of carbonyl (C=O) groups excluding carboxylic acids is 1. The summed E-state index contributed by atoms with van der Waals surface area (Å²) in [7, 11) is 0. The van der Waals surface area contributed by atoms with Gasteiger partial charge in [-0.3, -0.25) is 4.79 Å². The van der Waals surface area contributed by atoms with Crippen LogP contribution in [0.15, 0.2) is 54.6 Å². The lowest BCUT2D eigenvalue weighted by Crippen LogP contribution is -2.14. The predicted octanol–water partition coefficient (Wildman–Crippen LogP) is 4.13. The Hall–Kier alpha value is -2.95. The highest BCUT2D eigenvalue weighted by Gasteiger charge is 2.14. The zero-order chi connectivity index (χ0) is 17.1. The van der Waals surface area contributed by atoms with E-state index in [2.05, 4.69) is 10.4 Å². The number of amides is 1. The molecular formula is C19H18FN3O. The summed E-state index contributed by atoms with van der Waals surface area (Å²) in [6.07, 6.45) is 0.760. The van der Waals surface area contributed by atoms with Gasteiger partial charge >= 0.3 is 0 Å². The van der Waals surface area contributed by atoms with E-state index in [-0.39, 0.29) is 5.56 Å². The third kappa shape index (κ3) is 3.20. The Labute approximate surface area is 139 Å². The second-order valence-corrected chi connectivity index (χ2v) is 5.56. The maximum Gasteiger partial charge on any atom is 0.259 e. The maximum absolute atomic E-state index is 13.7. The van der Waals surface area contributed by atoms with Crippen LogP contribution in [0, 0.1) is 12.7 Å². The first-order valence-electron chi connectivity index (χ1n) is 7.80. The van der Waals surface area contributed by atoms with Gasteiger partial charge in [-0.05, 0) is 43.2 Å². The van der Waals surface area contributed by atoms with Crippen molar-refractivity contribution < 1.29 is 9.18 Å². The largest absolute Gasteiger partial charge is 0.305 e. The van der Waals surface area contributed by atoms with Crippen molar-refractivity contribution >= 4 is 11.7 Å². The molecule has 0 unspecified atom stereocenters. The van der Waals surface area contributed by atoms with Gasteiger partial charge in [0.15, 0.2) is 5.82 Å². The van der Waals surface area contributed by atoms with Crippen molar-refractivity contribution in [3.8, 4) is 5.69 Å². The fraction of sp³-hybridized carbons (Fsp3) is 0.158. The van der Waals surface area contributed by atoms with Crippen molar-refractivity contribution in [2.24, 2.45) is 0 Å². The van der Waals surface area contributed by atoms with E-state index in [0.717, 1.165) is 23.4 Å². The van der Waals surface area contributed by atoms with E-state index in [1.165, 1.54) is 12.1 Å². The Morgan fingerprint density at radius 3 is 2.67 bits per heavy atom. The molecule has 24 heavy (non-hydrogen) atoms. The second-order valence-electron chi connectivity index (χ2n) is 5.56. The highest BCUT2D eigenvalue weighted by molar-refractivity contribution is 6.03. The number of benzene rings is 2. The van der Waals surface area contributed by atoms with Gasteiger partial charge in [-0.15, -0.1) is 5.10 Å². The van der Waals surface area contributed by atoms with Crippen molar-refractivity contribution in [1.82, 2.24) is 9.78 Å². The molecule has 4 nitrogen and oxygen atoms in total. The molecule has 1 N–H and O–H groups in total. The molecule has 0 saturated heterocycles. The highest BCUT2D eigenvalue weighted by Crippen LogP contribution is 2.18. The number of nitrogens with zero attached hydrogens (tertiary/aromatic N) is 2. The van der Waals surface area contributed by atoms with Gasteiger partial charge in [0.1, 0.15) is 5.82 Å². The lowest BCUT2D eigenvalue weighted by Gasteiger charge is -2.06. The zero-order valence-electron chi connectivity index (χ0n) is 13.6. The molecule has 0 bridgehead atoms. The van der Waals surface area contributed by atoms with Crippen molar-refractivity contribution in [2.45, 2.75) is 20.3 Å². The van der Waals surface area contributed by atoms with Crippen LogP contribution in [0.5, 0.6) is 0 Å². The molecule has 0 aliphatic rings. The minimum atomic E-state index is -0.552. The molecule has 0 fully saturated rings. The normalized spacial score (nSPS) is 10.6. The Morgan fingerprint density at radius 2 is 1.96 bits per heavy atom. The van der Waals surface area contributed by atoms with Crippen LogP contribution in [0.4, 0.5) is 10.2 Å². The number of hydrogen-bond acceptors (Lipinski definition) is 2. The van der Waals surface area contributed by atoms with E-state index in [1.807, 2.05) is 38.1 Å². The highest BCUT2D eigenvalue weighted by atomic mass is 19.1. The number of carbonyl (C=O) groups is 1. The molecule has 0 spiro atoms. The van der Waals surface area contributed by atoms with Gasteiger partial charge in [-0.1, -0.05) is 31.2 Å². The Balaban J connectivity index is 1.90. The van der Waals surface area contributed by atoms with Gasteiger partial charge in [0.05, 0.1) is 11.3 Å². The fourth-order valence-electron chi connectivity index (χ4n) is 2.54. The quantitative estimate of drug-likeness (QED) is 0.784. The molecule has 0 aliphatic carbocycles. The minimum Gasteiger partial charge on any atom is -0.305 e. The summed E-state index contributed by atoms with van der Waals surface area (Å²) < 4.78 is 15.5.